The highest BCUT2D eigenvalue weighted by Crippen LogP contribution is 2.16. The van der Waals surface area contributed by atoms with Gasteiger partial charge < -0.3 is 15.7 Å². The molecule has 0 radical (unpaired) electrons. The fourth-order valence-corrected chi connectivity index (χ4v) is 2.20. The van der Waals surface area contributed by atoms with E-state index in [-0.39, 0.29) is 18.8 Å². The molecule has 0 atom stereocenters. The Kier molecular flexibility index (Phi) is 5.18. The van der Waals surface area contributed by atoms with Crippen molar-refractivity contribution in [2.45, 2.75) is 6.61 Å². The van der Waals surface area contributed by atoms with Crippen molar-refractivity contribution in [1.82, 2.24) is 15.0 Å². The van der Waals surface area contributed by atoms with E-state index in [0.717, 1.165) is 23.9 Å². The van der Waals surface area contributed by atoms with E-state index in [0.29, 0.717) is 11.4 Å². The van der Waals surface area contributed by atoms with Gasteiger partial charge in [0.2, 0.25) is 5.91 Å². The monoisotopic (exact) mass is 359 g/mol. The van der Waals surface area contributed by atoms with E-state index in [9.17, 15) is 13.6 Å². The maximum atomic E-state index is 13.5. The normalized spacial score (nSPS) is 10.6. The van der Waals surface area contributed by atoms with Crippen molar-refractivity contribution in [3.8, 4) is 5.69 Å². The Morgan fingerprint density at radius 1 is 1.15 bits per heavy atom. The van der Waals surface area contributed by atoms with Gasteiger partial charge in [0.1, 0.15) is 17.3 Å². The molecule has 0 aliphatic carbocycles. The number of amides is 1. The molecule has 0 fully saturated rings. The first-order valence-electron chi connectivity index (χ1n) is 7.66. The number of nitrogens with zero attached hydrogens (tertiary/aromatic N) is 3. The molecule has 1 heterocycles. The van der Waals surface area contributed by atoms with Crippen LogP contribution in [0.4, 0.5) is 20.2 Å². The van der Waals surface area contributed by atoms with Crippen LogP contribution in [0, 0.1) is 11.6 Å². The molecule has 0 bridgehead atoms. The molecule has 0 aliphatic rings. The zero-order valence-corrected chi connectivity index (χ0v) is 13.5. The lowest BCUT2D eigenvalue weighted by molar-refractivity contribution is -0.114. The molecule has 2 aromatic carbocycles. The summed E-state index contributed by atoms with van der Waals surface area (Å²) in [4.78, 5) is 11.9. The van der Waals surface area contributed by atoms with Crippen LogP contribution < -0.4 is 10.6 Å². The van der Waals surface area contributed by atoms with Crippen molar-refractivity contribution in [3.05, 3.63) is 66.0 Å². The third-order valence-corrected chi connectivity index (χ3v) is 3.49. The van der Waals surface area contributed by atoms with E-state index in [1.807, 2.05) is 0 Å². The van der Waals surface area contributed by atoms with Gasteiger partial charge in [-0.25, -0.2) is 13.5 Å². The summed E-state index contributed by atoms with van der Waals surface area (Å²) in [6.45, 7) is -0.312. The SMILES string of the molecule is O=C(CNc1ccc(-n2cc(CO)nn2)cc1)Nc1cc(F)ccc1F. The average Bonchev–Trinajstić information content (AvgIpc) is 3.13. The van der Waals surface area contributed by atoms with E-state index >= 15 is 0 Å². The fraction of sp³-hybridized carbons (Fsp3) is 0.118. The minimum absolute atomic E-state index is 0.118. The lowest BCUT2D eigenvalue weighted by atomic mass is 10.2. The molecule has 3 rings (SSSR count). The first-order chi connectivity index (χ1) is 12.5. The summed E-state index contributed by atoms with van der Waals surface area (Å²) in [7, 11) is 0. The summed E-state index contributed by atoms with van der Waals surface area (Å²) in [5.41, 5.74) is 1.63. The average molecular weight is 359 g/mol. The number of aliphatic hydroxyl groups is 1. The number of benzene rings is 2. The third-order valence-electron chi connectivity index (χ3n) is 3.49. The summed E-state index contributed by atoms with van der Waals surface area (Å²) >= 11 is 0. The van der Waals surface area contributed by atoms with E-state index in [1.165, 1.54) is 4.68 Å². The van der Waals surface area contributed by atoms with Crippen molar-refractivity contribution in [2.75, 3.05) is 17.2 Å². The first kappa shape index (κ1) is 17.5. The van der Waals surface area contributed by atoms with Gasteiger partial charge in [-0.1, -0.05) is 5.21 Å². The number of anilines is 2. The molecule has 1 amide bonds. The lowest BCUT2D eigenvalue weighted by Gasteiger charge is -2.09. The molecule has 0 aliphatic heterocycles. The molecule has 26 heavy (non-hydrogen) atoms. The van der Waals surface area contributed by atoms with Crippen LogP contribution in [0.25, 0.3) is 5.69 Å². The third kappa shape index (κ3) is 4.19. The Labute approximate surface area is 147 Å². The molecule has 134 valence electrons. The summed E-state index contributed by atoms with van der Waals surface area (Å²) in [5, 5.41) is 21.8. The summed E-state index contributed by atoms with van der Waals surface area (Å²) in [6.07, 6.45) is 1.60. The van der Waals surface area contributed by atoms with Gasteiger partial charge in [0.15, 0.2) is 0 Å². The van der Waals surface area contributed by atoms with Crippen molar-refractivity contribution >= 4 is 17.3 Å². The predicted octanol–water partition coefficient (Wildman–Crippen LogP) is 2.09. The van der Waals surface area contributed by atoms with Gasteiger partial charge in [0.05, 0.1) is 30.7 Å². The van der Waals surface area contributed by atoms with Gasteiger partial charge in [0.25, 0.3) is 0 Å². The number of hydrogen-bond acceptors (Lipinski definition) is 5. The molecular formula is C17H15F2N5O2. The minimum Gasteiger partial charge on any atom is -0.390 e. The van der Waals surface area contributed by atoms with Gasteiger partial charge in [0, 0.05) is 11.8 Å². The largest absolute Gasteiger partial charge is 0.390 e. The number of nitrogens with one attached hydrogen (secondary N) is 2. The molecule has 9 heteroatoms. The number of aromatic nitrogens is 3. The number of rotatable bonds is 6. The molecule has 0 unspecified atom stereocenters. The Bertz CT molecular complexity index is 912. The smallest absolute Gasteiger partial charge is 0.243 e. The number of carbonyl (C=O) groups excluding carboxylic acids is 1. The first-order valence-corrected chi connectivity index (χ1v) is 7.66. The second-order valence-electron chi connectivity index (χ2n) is 5.39. The van der Waals surface area contributed by atoms with Crippen LogP contribution in [0.3, 0.4) is 0 Å². The van der Waals surface area contributed by atoms with E-state index in [4.69, 9.17) is 5.11 Å². The molecule has 0 spiro atoms. The van der Waals surface area contributed by atoms with Crippen LogP contribution in [-0.2, 0) is 11.4 Å². The maximum absolute atomic E-state index is 13.5. The van der Waals surface area contributed by atoms with Gasteiger partial charge in [-0.2, -0.15) is 0 Å². The highest BCUT2D eigenvalue weighted by Gasteiger charge is 2.08. The zero-order chi connectivity index (χ0) is 18.5. The van der Waals surface area contributed by atoms with Crippen molar-refractivity contribution < 1.29 is 18.7 Å². The molecule has 1 aromatic heterocycles. The molecule has 0 saturated heterocycles. The second kappa shape index (κ2) is 7.70. The number of carbonyl (C=O) groups is 1. The van der Waals surface area contributed by atoms with Gasteiger partial charge in [-0.05, 0) is 36.4 Å². The van der Waals surface area contributed by atoms with Crippen LogP contribution in [0.2, 0.25) is 0 Å². The molecule has 7 nitrogen and oxygen atoms in total. The number of halogens is 2. The minimum atomic E-state index is -0.709. The van der Waals surface area contributed by atoms with Gasteiger partial charge in [-0.3, -0.25) is 4.79 Å². The molecular weight excluding hydrogens is 344 g/mol. The predicted molar refractivity (Wildman–Crippen MR) is 90.8 cm³/mol. The van der Waals surface area contributed by atoms with Gasteiger partial charge in [-0.15, -0.1) is 5.10 Å². The van der Waals surface area contributed by atoms with E-state index in [1.54, 1.807) is 30.5 Å². The van der Waals surface area contributed by atoms with Crippen molar-refractivity contribution in [3.63, 3.8) is 0 Å². The van der Waals surface area contributed by atoms with E-state index < -0.39 is 17.5 Å². The topological polar surface area (TPSA) is 92.1 Å². The highest BCUT2D eigenvalue weighted by molar-refractivity contribution is 5.93. The second-order valence-corrected chi connectivity index (χ2v) is 5.39. The Hall–Kier alpha value is -3.33. The summed E-state index contributed by atoms with van der Waals surface area (Å²) in [6, 6.07) is 9.80. The molecule has 3 aromatic rings. The van der Waals surface area contributed by atoms with Crippen LogP contribution >= 0.6 is 0 Å². The summed E-state index contributed by atoms with van der Waals surface area (Å²) in [5.74, 6) is -1.86. The van der Waals surface area contributed by atoms with Crippen molar-refractivity contribution in [2.24, 2.45) is 0 Å². The van der Waals surface area contributed by atoms with Crippen LogP contribution in [0.5, 0.6) is 0 Å². The number of hydrogen-bond donors (Lipinski definition) is 3. The quantitative estimate of drug-likeness (QED) is 0.627. The molecule has 3 N–H and O–H groups in total. The fourth-order valence-electron chi connectivity index (χ4n) is 2.20. The standard InChI is InChI=1S/C17H15F2N5O2/c18-11-1-6-15(19)16(7-11)21-17(26)8-20-12-2-4-14(5-3-12)24-9-13(10-25)22-23-24/h1-7,9,20,25H,8,10H2,(H,21,26). The van der Waals surface area contributed by atoms with Crippen LogP contribution in [0.1, 0.15) is 5.69 Å². The molecule has 0 saturated carbocycles. The van der Waals surface area contributed by atoms with E-state index in [2.05, 4.69) is 20.9 Å². The Morgan fingerprint density at radius 2 is 1.92 bits per heavy atom. The van der Waals surface area contributed by atoms with Crippen LogP contribution in [-0.4, -0.2) is 32.6 Å². The lowest BCUT2D eigenvalue weighted by Crippen LogP contribution is -2.22. The summed E-state index contributed by atoms with van der Waals surface area (Å²) < 4.78 is 28.1. The van der Waals surface area contributed by atoms with Gasteiger partial charge >= 0.3 is 0 Å². The maximum Gasteiger partial charge on any atom is 0.243 e. The van der Waals surface area contributed by atoms with Crippen LogP contribution in [0.15, 0.2) is 48.7 Å². The van der Waals surface area contributed by atoms with Crippen molar-refractivity contribution in [1.29, 1.82) is 0 Å². The number of aliphatic hydroxyl groups excluding tert-OH is 1. The Morgan fingerprint density at radius 3 is 2.62 bits per heavy atom. The Balaban J connectivity index is 1.57. The highest BCUT2D eigenvalue weighted by atomic mass is 19.1. The zero-order valence-electron chi connectivity index (χ0n) is 13.5.